The number of furan rings is 1. The van der Waals surface area contributed by atoms with Crippen molar-refractivity contribution in [3.8, 4) is 0 Å². The molecule has 0 aromatic carbocycles. The predicted molar refractivity (Wildman–Crippen MR) is 62.3 cm³/mol. The van der Waals surface area contributed by atoms with Gasteiger partial charge in [-0.1, -0.05) is 0 Å². The molecule has 1 aromatic heterocycles. The van der Waals surface area contributed by atoms with Gasteiger partial charge in [0.15, 0.2) is 0 Å². The summed E-state index contributed by atoms with van der Waals surface area (Å²) < 4.78 is 5.06. The molecule has 2 atom stereocenters. The number of hydrogen-bond acceptors (Lipinski definition) is 4. The number of carbonyl (C=O) groups is 1. The zero-order valence-electron chi connectivity index (χ0n) is 9.90. The minimum atomic E-state index is -0.793. The summed E-state index contributed by atoms with van der Waals surface area (Å²) in [5.41, 5.74) is -0.497. The van der Waals surface area contributed by atoms with Gasteiger partial charge in [-0.2, -0.15) is 0 Å². The van der Waals surface area contributed by atoms with E-state index >= 15 is 0 Å². The first-order valence-corrected chi connectivity index (χ1v) is 5.87. The molecule has 1 amide bonds. The molecule has 2 heterocycles. The summed E-state index contributed by atoms with van der Waals surface area (Å²) in [5.74, 6) is 0.399. The van der Waals surface area contributed by atoms with Crippen LogP contribution in [0.3, 0.4) is 0 Å². The molecule has 0 spiro atoms. The van der Waals surface area contributed by atoms with Gasteiger partial charge >= 0.3 is 0 Å². The van der Waals surface area contributed by atoms with Crippen molar-refractivity contribution < 1.29 is 14.3 Å². The van der Waals surface area contributed by atoms with Gasteiger partial charge in [-0.15, -0.1) is 0 Å². The molecule has 94 valence electrons. The number of carbonyl (C=O) groups excluding carboxylic acids is 1. The highest BCUT2D eigenvalue weighted by molar-refractivity contribution is 5.86. The molecule has 5 nitrogen and oxygen atoms in total. The third-order valence-corrected chi connectivity index (χ3v) is 3.20. The van der Waals surface area contributed by atoms with Gasteiger partial charge in [0.25, 0.3) is 0 Å². The van der Waals surface area contributed by atoms with Crippen molar-refractivity contribution in [3.63, 3.8) is 0 Å². The second-order valence-corrected chi connectivity index (χ2v) is 4.60. The lowest BCUT2D eigenvalue weighted by Crippen LogP contribution is -2.51. The maximum absolute atomic E-state index is 11.9. The highest BCUT2D eigenvalue weighted by Crippen LogP contribution is 2.19. The van der Waals surface area contributed by atoms with Crippen LogP contribution >= 0.6 is 0 Å². The summed E-state index contributed by atoms with van der Waals surface area (Å²) >= 11 is 0. The fourth-order valence-electron chi connectivity index (χ4n) is 2.05. The first kappa shape index (κ1) is 12.1. The Kier molecular flexibility index (Phi) is 3.49. The third-order valence-electron chi connectivity index (χ3n) is 3.20. The van der Waals surface area contributed by atoms with E-state index in [9.17, 15) is 9.90 Å². The first-order chi connectivity index (χ1) is 8.12. The Morgan fingerprint density at radius 2 is 2.59 bits per heavy atom. The van der Waals surface area contributed by atoms with Gasteiger partial charge in [-0.25, -0.2) is 0 Å². The fraction of sp³-hybridized carbons (Fsp3) is 0.583. The van der Waals surface area contributed by atoms with Crippen LogP contribution in [0.2, 0.25) is 0 Å². The zero-order valence-corrected chi connectivity index (χ0v) is 9.90. The minimum Gasteiger partial charge on any atom is -0.467 e. The maximum atomic E-state index is 11.9. The summed E-state index contributed by atoms with van der Waals surface area (Å²) in [4.78, 5) is 11.9. The molecule has 1 fully saturated rings. The summed E-state index contributed by atoms with van der Waals surface area (Å²) in [6, 6.07) is 3.40. The largest absolute Gasteiger partial charge is 0.467 e. The van der Waals surface area contributed by atoms with Crippen LogP contribution in [0.25, 0.3) is 0 Å². The van der Waals surface area contributed by atoms with E-state index in [4.69, 9.17) is 4.42 Å². The Bertz CT molecular complexity index is 369. The minimum absolute atomic E-state index is 0.0689. The highest BCUT2D eigenvalue weighted by atomic mass is 16.4. The molecule has 2 unspecified atom stereocenters. The summed E-state index contributed by atoms with van der Waals surface area (Å²) in [7, 11) is 0. The van der Waals surface area contributed by atoms with Crippen LogP contribution in [0.1, 0.15) is 31.6 Å². The van der Waals surface area contributed by atoms with Crippen molar-refractivity contribution in [3.05, 3.63) is 24.2 Å². The van der Waals surface area contributed by atoms with Crippen molar-refractivity contribution in [2.45, 2.75) is 31.4 Å². The monoisotopic (exact) mass is 238 g/mol. The van der Waals surface area contributed by atoms with Crippen LogP contribution in [-0.2, 0) is 4.79 Å². The van der Waals surface area contributed by atoms with Crippen LogP contribution in [0.4, 0.5) is 0 Å². The van der Waals surface area contributed by atoms with E-state index in [2.05, 4.69) is 10.6 Å². The Morgan fingerprint density at radius 1 is 1.76 bits per heavy atom. The molecule has 1 aliphatic rings. The van der Waals surface area contributed by atoms with Gasteiger partial charge in [0.1, 0.15) is 11.9 Å². The second-order valence-electron chi connectivity index (χ2n) is 4.60. The molecule has 1 aromatic rings. The van der Waals surface area contributed by atoms with Crippen molar-refractivity contribution in [2.24, 2.45) is 0 Å². The molecule has 5 heteroatoms. The lowest BCUT2D eigenvalue weighted by Gasteiger charge is -2.23. The molecule has 1 aliphatic heterocycles. The number of amides is 1. The van der Waals surface area contributed by atoms with Gasteiger partial charge < -0.3 is 20.2 Å². The van der Waals surface area contributed by atoms with Gasteiger partial charge in [-0.05, 0) is 38.4 Å². The van der Waals surface area contributed by atoms with Crippen LogP contribution in [-0.4, -0.2) is 29.6 Å². The van der Waals surface area contributed by atoms with Crippen LogP contribution in [0, 0.1) is 0 Å². The van der Waals surface area contributed by atoms with Gasteiger partial charge in [-0.3, -0.25) is 4.79 Å². The van der Waals surface area contributed by atoms with Gasteiger partial charge in [0, 0.05) is 0 Å². The Balaban J connectivity index is 1.84. The molecule has 0 radical (unpaired) electrons. The van der Waals surface area contributed by atoms with Crippen LogP contribution in [0.15, 0.2) is 22.8 Å². The van der Waals surface area contributed by atoms with Gasteiger partial charge in [0.05, 0.1) is 18.3 Å². The Labute approximate surface area is 100 Å². The smallest absolute Gasteiger partial charge is 0.240 e. The van der Waals surface area contributed by atoms with Crippen molar-refractivity contribution >= 4 is 5.91 Å². The number of aliphatic hydroxyl groups is 1. The SMILES string of the molecule is CC1(C(=O)NCC(O)c2ccco2)CCCN1. The molecule has 1 saturated heterocycles. The average Bonchev–Trinajstić information content (AvgIpc) is 2.96. The normalized spacial score (nSPS) is 25.8. The van der Waals surface area contributed by atoms with Crippen molar-refractivity contribution in [1.82, 2.24) is 10.6 Å². The van der Waals surface area contributed by atoms with E-state index < -0.39 is 11.6 Å². The fourth-order valence-corrected chi connectivity index (χ4v) is 2.05. The quantitative estimate of drug-likeness (QED) is 0.717. The second kappa shape index (κ2) is 4.89. The lowest BCUT2D eigenvalue weighted by atomic mass is 9.99. The van der Waals surface area contributed by atoms with E-state index in [0.29, 0.717) is 5.76 Å². The van der Waals surface area contributed by atoms with Crippen LogP contribution < -0.4 is 10.6 Å². The molecular weight excluding hydrogens is 220 g/mol. The average molecular weight is 238 g/mol. The van der Waals surface area contributed by atoms with Crippen molar-refractivity contribution in [2.75, 3.05) is 13.1 Å². The molecule has 17 heavy (non-hydrogen) atoms. The summed E-state index contributed by atoms with van der Waals surface area (Å²) in [6.07, 6.45) is 2.54. The maximum Gasteiger partial charge on any atom is 0.240 e. The van der Waals surface area contributed by atoms with Crippen LogP contribution in [0.5, 0.6) is 0 Å². The highest BCUT2D eigenvalue weighted by Gasteiger charge is 2.35. The molecule has 3 N–H and O–H groups in total. The number of hydrogen-bond donors (Lipinski definition) is 3. The molecule has 0 aliphatic carbocycles. The predicted octanol–water partition coefficient (Wildman–Crippen LogP) is 0.571. The third kappa shape index (κ3) is 2.68. The Morgan fingerprint density at radius 3 is 3.18 bits per heavy atom. The van der Waals surface area contributed by atoms with E-state index in [1.54, 1.807) is 12.1 Å². The number of rotatable bonds is 4. The summed E-state index contributed by atoms with van der Waals surface area (Å²) in [5, 5.41) is 15.7. The standard InChI is InChI=1S/C12H18N2O3/c1-12(5-3-6-14-12)11(16)13-8-9(15)10-4-2-7-17-10/h2,4,7,9,14-15H,3,5-6,8H2,1H3,(H,13,16). The van der Waals surface area contributed by atoms with E-state index in [-0.39, 0.29) is 12.5 Å². The summed E-state index contributed by atoms with van der Waals surface area (Å²) in [6.45, 7) is 2.92. The molecular formula is C12H18N2O3. The Hall–Kier alpha value is -1.33. The van der Waals surface area contributed by atoms with E-state index in [1.165, 1.54) is 6.26 Å². The topological polar surface area (TPSA) is 74.5 Å². The first-order valence-electron chi connectivity index (χ1n) is 5.87. The molecule has 0 saturated carbocycles. The zero-order chi connectivity index (χ0) is 12.3. The lowest BCUT2D eigenvalue weighted by molar-refractivity contribution is -0.127. The van der Waals surface area contributed by atoms with Gasteiger partial charge in [0.2, 0.25) is 5.91 Å². The number of aliphatic hydroxyl groups excluding tert-OH is 1. The van der Waals surface area contributed by atoms with E-state index in [0.717, 1.165) is 19.4 Å². The molecule has 2 rings (SSSR count). The van der Waals surface area contributed by atoms with E-state index in [1.807, 2.05) is 6.92 Å². The molecule has 0 bridgehead atoms. The number of nitrogens with one attached hydrogen (secondary N) is 2. The van der Waals surface area contributed by atoms with Crippen molar-refractivity contribution in [1.29, 1.82) is 0 Å².